The molecule has 0 aliphatic carbocycles. The Hall–Kier alpha value is -3.27. The first-order valence-corrected chi connectivity index (χ1v) is 10.1. The molecule has 2 rings (SSSR count). The van der Waals surface area contributed by atoms with E-state index in [0.717, 1.165) is 17.6 Å². The van der Waals surface area contributed by atoms with Crippen molar-refractivity contribution < 1.29 is 36.2 Å². The zero-order valence-corrected chi connectivity index (χ0v) is 16.4. The van der Waals surface area contributed by atoms with Crippen molar-refractivity contribution in [2.24, 2.45) is 16.5 Å². The first-order chi connectivity index (χ1) is 13.9. The fourth-order valence-corrected chi connectivity index (χ4v) is 4.06. The van der Waals surface area contributed by atoms with Crippen LogP contribution >= 0.6 is 11.3 Å². The predicted octanol–water partition coefficient (Wildman–Crippen LogP) is 1.23. The number of nitrogens with one attached hydrogen (secondary N) is 2. The topological polar surface area (TPSA) is 182 Å². The average Bonchev–Trinajstić information content (AvgIpc) is 3.05. The minimum atomic E-state index is -5.10. The third-order valence-electron chi connectivity index (χ3n) is 3.21. The van der Waals surface area contributed by atoms with Crippen LogP contribution in [0.1, 0.15) is 10.5 Å². The number of aliphatic imine (C=N–C) groups is 1. The number of carboxylic acids is 1. The summed E-state index contributed by atoms with van der Waals surface area (Å²) in [5.41, 5.74) is 10.7. The molecule has 0 aliphatic rings. The quantitative estimate of drug-likeness (QED) is 0.205. The van der Waals surface area contributed by atoms with Crippen LogP contribution in [0.3, 0.4) is 0 Å². The highest BCUT2D eigenvalue weighted by molar-refractivity contribution is 7.93. The molecule has 0 bridgehead atoms. The van der Waals surface area contributed by atoms with Crippen LogP contribution in [0.2, 0.25) is 0 Å². The van der Waals surface area contributed by atoms with Gasteiger partial charge in [-0.05, 0) is 12.1 Å². The van der Waals surface area contributed by atoms with Crippen molar-refractivity contribution in [2.45, 2.75) is 11.3 Å². The van der Waals surface area contributed by atoms with Gasteiger partial charge in [-0.3, -0.25) is 9.71 Å². The highest BCUT2D eigenvalue weighted by Gasteiger charge is 2.33. The van der Waals surface area contributed by atoms with E-state index >= 15 is 0 Å². The minimum absolute atomic E-state index is 0.0271. The molecule has 1 heterocycles. The molecule has 11 nitrogen and oxygen atoms in total. The van der Waals surface area contributed by atoms with Gasteiger partial charge in [0.25, 0.3) is 10.0 Å². The van der Waals surface area contributed by atoms with E-state index in [1.54, 1.807) is 0 Å². The molecule has 2 aromatic rings. The van der Waals surface area contributed by atoms with Gasteiger partial charge >= 0.3 is 12.3 Å². The summed E-state index contributed by atoms with van der Waals surface area (Å²) in [6.07, 6.45) is -5.10. The summed E-state index contributed by atoms with van der Waals surface area (Å²) in [6, 6.07) is 2.70. The van der Waals surface area contributed by atoms with Gasteiger partial charge in [0.05, 0.1) is 22.6 Å². The van der Waals surface area contributed by atoms with Crippen LogP contribution in [0.5, 0.6) is 5.75 Å². The molecule has 0 saturated carbocycles. The van der Waals surface area contributed by atoms with E-state index < -0.39 is 38.7 Å². The number of aromatic nitrogens is 1. The van der Waals surface area contributed by atoms with Crippen molar-refractivity contribution in [3.8, 4) is 5.75 Å². The zero-order valence-electron chi connectivity index (χ0n) is 14.8. The minimum Gasteiger partial charge on any atom is -0.476 e. The largest absolute Gasteiger partial charge is 0.573 e. The van der Waals surface area contributed by atoms with Crippen LogP contribution in [-0.2, 0) is 10.0 Å². The molecule has 0 unspecified atom stereocenters. The summed E-state index contributed by atoms with van der Waals surface area (Å²) in [6.45, 7) is 0.0675. The second kappa shape index (κ2) is 9.04. The van der Waals surface area contributed by atoms with E-state index in [-0.39, 0.29) is 29.7 Å². The number of sulfonamides is 1. The summed E-state index contributed by atoms with van der Waals surface area (Å²) < 4.78 is 69.2. The van der Waals surface area contributed by atoms with Gasteiger partial charge in [0.1, 0.15) is 5.00 Å². The van der Waals surface area contributed by atoms with E-state index in [4.69, 9.17) is 16.6 Å². The van der Waals surface area contributed by atoms with Gasteiger partial charge in [0.15, 0.2) is 17.4 Å². The molecule has 164 valence electrons. The zero-order chi connectivity index (χ0) is 22.5. The maximum absolute atomic E-state index is 12.7. The first-order valence-electron chi connectivity index (χ1n) is 7.77. The summed E-state index contributed by atoms with van der Waals surface area (Å²) in [5, 5.41) is 11.3. The van der Waals surface area contributed by atoms with Gasteiger partial charge in [0, 0.05) is 12.6 Å². The second-order valence-electron chi connectivity index (χ2n) is 5.38. The number of guanidine groups is 1. The standard InChI is InChI=1S/C14H15F3N6O5S2/c15-14(16,17)28-9-5-7(1-2-8(9)20-3-4-21-13(18)19)30(26,27)23-11-10(12(24)25)22-6-29-11/h1-2,5-6,20,23H,3-4H2,(H,24,25)(H4,18,19,21). The van der Waals surface area contributed by atoms with Crippen LogP contribution < -0.4 is 26.2 Å². The van der Waals surface area contributed by atoms with Crippen LogP contribution in [-0.4, -0.2) is 49.9 Å². The Balaban J connectivity index is 2.33. The molecule has 1 aromatic heterocycles. The lowest BCUT2D eigenvalue weighted by Crippen LogP contribution is -2.24. The molecule has 0 saturated heterocycles. The number of hydrogen-bond donors (Lipinski definition) is 5. The lowest BCUT2D eigenvalue weighted by atomic mass is 10.3. The summed E-state index contributed by atoms with van der Waals surface area (Å²) in [5.74, 6) is -2.51. The van der Waals surface area contributed by atoms with Crippen LogP contribution in [0, 0.1) is 0 Å². The normalized spacial score (nSPS) is 11.6. The van der Waals surface area contributed by atoms with Gasteiger partial charge in [-0.2, -0.15) is 0 Å². The summed E-state index contributed by atoms with van der Waals surface area (Å²) >= 11 is 0.694. The lowest BCUT2D eigenvalue weighted by Gasteiger charge is -2.16. The van der Waals surface area contributed by atoms with Gasteiger partial charge < -0.3 is 26.6 Å². The highest BCUT2D eigenvalue weighted by atomic mass is 32.2. The first kappa shape index (κ1) is 23.0. The SMILES string of the molecule is NC(N)=NCCNc1ccc(S(=O)(=O)Nc2scnc2C(=O)O)cc1OC(F)(F)F. The number of nitrogens with zero attached hydrogens (tertiary/aromatic N) is 2. The maximum Gasteiger partial charge on any atom is 0.573 e. The number of nitrogens with two attached hydrogens (primary N) is 2. The van der Waals surface area contributed by atoms with E-state index in [2.05, 4.69) is 20.0 Å². The smallest absolute Gasteiger partial charge is 0.476 e. The Labute approximate surface area is 171 Å². The molecule has 1 aromatic carbocycles. The predicted molar refractivity (Wildman–Crippen MR) is 102 cm³/mol. The van der Waals surface area contributed by atoms with Gasteiger partial charge in [-0.25, -0.2) is 18.2 Å². The van der Waals surface area contributed by atoms with Gasteiger partial charge in [0.2, 0.25) is 0 Å². The Morgan fingerprint density at radius 1 is 1.33 bits per heavy atom. The number of thiazole rings is 1. The van der Waals surface area contributed by atoms with E-state index in [9.17, 15) is 26.4 Å². The van der Waals surface area contributed by atoms with E-state index in [1.165, 1.54) is 0 Å². The second-order valence-corrected chi connectivity index (χ2v) is 7.92. The number of halogens is 3. The van der Waals surface area contributed by atoms with Gasteiger partial charge in [-0.15, -0.1) is 24.5 Å². The Kier molecular flexibility index (Phi) is 6.93. The lowest BCUT2D eigenvalue weighted by molar-refractivity contribution is -0.274. The number of alkyl halides is 3. The van der Waals surface area contributed by atoms with Crippen molar-refractivity contribution in [3.63, 3.8) is 0 Å². The maximum atomic E-state index is 12.7. The van der Waals surface area contributed by atoms with Crippen molar-refractivity contribution in [2.75, 3.05) is 23.1 Å². The van der Waals surface area contributed by atoms with E-state index in [1.807, 2.05) is 4.72 Å². The third kappa shape index (κ3) is 6.38. The summed E-state index contributed by atoms with van der Waals surface area (Å²) in [4.78, 5) is 17.6. The van der Waals surface area contributed by atoms with Crippen molar-refractivity contribution >= 4 is 44.0 Å². The fraction of sp³-hybridized carbons (Fsp3) is 0.214. The van der Waals surface area contributed by atoms with Crippen molar-refractivity contribution in [3.05, 3.63) is 29.4 Å². The molecule has 0 spiro atoms. The number of carbonyl (C=O) groups is 1. The number of ether oxygens (including phenoxy) is 1. The molecular formula is C14H15F3N6O5S2. The molecule has 0 amide bonds. The number of anilines is 2. The molecule has 7 N–H and O–H groups in total. The molecule has 16 heteroatoms. The van der Waals surface area contributed by atoms with Crippen LogP contribution in [0.15, 0.2) is 33.6 Å². The van der Waals surface area contributed by atoms with E-state index in [0.29, 0.717) is 17.4 Å². The Morgan fingerprint density at radius 3 is 2.63 bits per heavy atom. The highest BCUT2D eigenvalue weighted by Crippen LogP contribution is 2.33. The third-order valence-corrected chi connectivity index (χ3v) is 5.43. The number of benzene rings is 1. The molecule has 0 atom stereocenters. The molecule has 30 heavy (non-hydrogen) atoms. The molecular weight excluding hydrogens is 453 g/mol. The van der Waals surface area contributed by atoms with Crippen molar-refractivity contribution in [1.82, 2.24) is 4.98 Å². The molecule has 0 radical (unpaired) electrons. The molecule has 0 aliphatic heterocycles. The molecule has 0 fully saturated rings. The average molecular weight is 468 g/mol. The van der Waals surface area contributed by atoms with Crippen molar-refractivity contribution in [1.29, 1.82) is 0 Å². The number of rotatable bonds is 9. The summed E-state index contributed by atoms with van der Waals surface area (Å²) in [7, 11) is -4.44. The Bertz CT molecular complexity index is 1050. The van der Waals surface area contributed by atoms with Gasteiger partial charge in [-0.1, -0.05) is 0 Å². The van der Waals surface area contributed by atoms with Crippen LogP contribution in [0.4, 0.5) is 23.9 Å². The monoisotopic (exact) mass is 468 g/mol. The van der Waals surface area contributed by atoms with Crippen LogP contribution in [0.25, 0.3) is 0 Å². The number of aromatic carboxylic acids is 1. The fourth-order valence-electron chi connectivity index (χ4n) is 2.05. The number of carboxylic acid groups (broad SMARTS) is 1. The number of hydrogen-bond acceptors (Lipinski definition) is 8. The Morgan fingerprint density at radius 2 is 2.03 bits per heavy atom.